The molecule has 1 aromatic rings. The summed E-state index contributed by atoms with van der Waals surface area (Å²) in [6.45, 7) is 5.42. The molecule has 0 aromatic heterocycles. The summed E-state index contributed by atoms with van der Waals surface area (Å²) in [6, 6.07) is 9.87. The van der Waals surface area contributed by atoms with Gasteiger partial charge in [-0.2, -0.15) is 0 Å². The van der Waals surface area contributed by atoms with Crippen molar-refractivity contribution in [1.82, 2.24) is 4.90 Å². The summed E-state index contributed by atoms with van der Waals surface area (Å²) >= 11 is 0. The van der Waals surface area contributed by atoms with E-state index in [4.69, 9.17) is 5.73 Å². The maximum Gasteiger partial charge on any atom is 0.0237 e. The van der Waals surface area contributed by atoms with Crippen molar-refractivity contribution in [1.29, 1.82) is 0 Å². The number of likely N-dealkylation sites (tertiary alicyclic amines) is 1. The molecule has 2 heteroatoms. The van der Waals surface area contributed by atoms with Crippen LogP contribution in [0.5, 0.6) is 0 Å². The van der Waals surface area contributed by atoms with Crippen LogP contribution < -0.4 is 5.73 Å². The Morgan fingerprint density at radius 3 is 2.53 bits per heavy atom. The van der Waals surface area contributed by atoms with Crippen LogP contribution in [0.1, 0.15) is 49.7 Å². The largest absolute Gasteiger partial charge is 0.329 e. The zero-order valence-electron chi connectivity index (χ0n) is 12.0. The van der Waals surface area contributed by atoms with Gasteiger partial charge in [0.2, 0.25) is 0 Å². The number of nitrogens with two attached hydrogens (primary N) is 1. The number of benzene rings is 1. The number of hydrogen-bond acceptors (Lipinski definition) is 2. The molecule has 2 atom stereocenters. The quantitative estimate of drug-likeness (QED) is 0.899. The Morgan fingerprint density at radius 2 is 1.89 bits per heavy atom. The lowest BCUT2D eigenvalue weighted by atomic mass is 9.92. The van der Waals surface area contributed by atoms with Crippen LogP contribution in [0.25, 0.3) is 0 Å². The standard InChI is InChI=1S/C17H26N2/c1-13-8-9-19(17(10-13)11-18)12-14-2-4-15(5-3-14)16-6-7-16/h2-5,13,16-17H,6-12,18H2,1H3. The minimum absolute atomic E-state index is 0.576. The van der Waals surface area contributed by atoms with Gasteiger partial charge < -0.3 is 5.73 Å². The third-order valence-corrected chi connectivity index (χ3v) is 4.79. The molecule has 1 saturated heterocycles. The van der Waals surface area contributed by atoms with Crippen molar-refractivity contribution in [2.45, 2.75) is 51.1 Å². The SMILES string of the molecule is CC1CCN(Cc2ccc(C3CC3)cc2)C(CN)C1. The normalized spacial score (nSPS) is 28.5. The van der Waals surface area contributed by atoms with E-state index in [1.165, 1.54) is 43.4 Å². The first-order valence-electron chi connectivity index (χ1n) is 7.79. The summed E-state index contributed by atoms with van der Waals surface area (Å²) in [6.07, 6.45) is 5.35. The molecule has 0 amide bonds. The number of rotatable bonds is 4. The fourth-order valence-electron chi connectivity index (χ4n) is 3.30. The zero-order valence-corrected chi connectivity index (χ0v) is 12.0. The molecule has 1 heterocycles. The van der Waals surface area contributed by atoms with Crippen molar-refractivity contribution >= 4 is 0 Å². The maximum atomic E-state index is 5.94. The summed E-state index contributed by atoms with van der Waals surface area (Å²) in [5, 5.41) is 0. The highest BCUT2D eigenvalue weighted by molar-refractivity contribution is 5.28. The van der Waals surface area contributed by atoms with Gasteiger partial charge in [0.25, 0.3) is 0 Å². The molecule has 2 fully saturated rings. The summed E-state index contributed by atoms with van der Waals surface area (Å²) in [7, 11) is 0. The van der Waals surface area contributed by atoms with Crippen LogP contribution in [0.15, 0.2) is 24.3 Å². The van der Waals surface area contributed by atoms with E-state index in [0.717, 1.165) is 24.9 Å². The molecule has 2 nitrogen and oxygen atoms in total. The molecular formula is C17H26N2. The third-order valence-electron chi connectivity index (χ3n) is 4.79. The Bertz CT molecular complexity index is 408. The van der Waals surface area contributed by atoms with E-state index in [1.807, 2.05) is 0 Å². The van der Waals surface area contributed by atoms with Gasteiger partial charge in [-0.25, -0.2) is 0 Å². The summed E-state index contributed by atoms with van der Waals surface area (Å²) < 4.78 is 0. The molecule has 1 aromatic carbocycles. The van der Waals surface area contributed by atoms with E-state index in [9.17, 15) is 0 Å². The van der Waals surface area contributed by atoms with Crippen molar-refractivity contribution < 1.29 is 0 Å². The van der Waals surface area contributed by atoms with Crippen molar-refractivity contribution in [2.24, 2.45) is 11.7 Å². The molecule has 3 rings (SSSR count). The second-order valence-corrected chi connectivity index (χ2v) is 6.51. The van der Waals surface area contributed by atoms with Gasteiger partial charge in [0.05, 0.1) is 0 Å². The van der Waals surface area contributed by atoms with Crippen LogP contribution in [-0.2, 0) is 6.54 Å². The van der Waals surface area contributed by atoms with Crippen LogP contribution in [-0.4, -0.2) is 24.0 Å². The van der Waals surface area contributed by atoms with Gasteiger partial charge in [0, 0.05) is 19.1 Å². The van der Waals surface area contributed by atoms with E-state index in [0.29, 0.717) is 6.04 Å². The van der Waals surface area contributed by atoms with Gasteiger partial charge in [-0.15, -0.1) is 0 Å². The minimum Gasteiger partial charge on any atom is -0.329 e. The van der Waals surface area contributed by atoms with Crippen molar-refractivity contribution in [2.75, 3.05) is 13.1 Å². The zero-order chi connectivity index (χ0) is 13.2. The monoisotopic (exact) mass is 258 g/mol. The molecule has 104 valence electrons. The predicted octanol–water partition coefficient (Wildman–Crippen LogP) is 3.12. The van der Waals surface area contributed by atoms with E-state index in [1.54, 1.807) is 0 Å². The summed E-state index contributed by atoms with van der Waals surface area (Å²) in [4.78, 5) is 2.58. The highest BCUT2D eigenvalue weighted by Gasteiger charge is 2.26. The molecule has 1 saturated carbocycles. The van der Waals surface area contributed by atoms with Gasteiger partial charge in [-0.1, -0.05) is 31.2 Å². The average Bonchev–Trinajstić information content (AvgIpc) is 3.26. The third kappa shape index (κ3) is 3.18. The fourth-order valence-corrected chi connectivity index (χ4v) is 3.30. The summed E-state index contributed by atoms with van der Waals surface area (Å²) in [5.74, 6) is 1.70. The van der Waals surface area contributed by atoms with Crippen molar-refractivity contribution in [3.63, 3.8) is 0 Å². The van der Waals surface area contributed by atoms with Crippen LogP contribution in [0.3, 0.4) is 0 Å². The highest BCUT2D eigenvalue weighted by Crippen LogP contribution is 2.40. The van der Waals surface area contributed by atoms with Crippen LogP contribution in [0.2, 0.25) is 0 Å². The Kier molecular flexibility index (Phi) is 3.90. The molecule has 0 spiro atoms. The molecule has 2 N–H and O–H groups in total. The molecule has 1 aliphatic carbocycles. The van der Waals surface area contributed by atoms with Gasteiger partial charge in [-0.3, -0.25) is 4.90 Å². The molecule has 0 radical (unpaired) electrons. The van der Waals surface area contributed by atoms with Crippen LogP contribution >= 0.6 is 0 Å². The fraction of sp³-hybridized carbons (Fsp3) is 0.647. The predicted molar refractivity (Wildman–Crippen MR) is 80.1 cm³/mol. The maximum absolute atomic E-state index is 5.94. The molecule has 19 heavy (non-hydrogen) atoms. The first-order chi connectivity index (χ1) is 9.26. The molecule has 0 bridgehead atoms. The molecule has 2 unspecified atom stereocenters. The lowest BCUT2D eigenvalue weighted by Gasteiger charge is -2.38. The first kappa shape index (κ1) is 13.1. The van der Waals surface area contributed by atoms with E-state index >= 15 is 0 Å². The van der Waals surface area contributed by atoms with E-state index < -0.39 is 0 Å². The Hall–Kier alpha value is -0.860. The second kappa shape index (κ2) is 5.64. The Morgan fingerprint density at radius 1 is 1.16 bits per heavy atom. The molecular weight excluding hydrogens is 232 g/mol. The van der Waals surface area contributed by atoms with Gasteiger partial charge >= 0.3 is 0 Å². The van der Waals surface area contributed by atoms with Crippen LogP contribution in [0, 0.1) is 5.92 Å². The topological polar surface area (TPSA) is 29.3 Å². The van der Waals surface area contributed by atoms with Gasteiger partial charge in [-0.05, 0) is 55.2 Å². The number of hydrogen-bond donors (Lipinski definition) is 1. The van der Waals surface area contributed by atoms with Gasteiger partial charge in [0.15, 0.2) is 0 Å². The second-order valence-electron chi connectivity index (χ2n) is 6.51. The smallest absolute Gasteiger partial charge is 0.0237 e. The molecule has 2 aliphatic rings. The Labute approximate surface area is 117 Å². The first-order valence-corrected chi connectivity index (χ1v) is 7.79. The van der Waals surface area contributed by atoms with Crippen molar-refractivity contribution in [3.05, 3.63) is 35.4 Å². The average molecular weight is 258 g/mol. The Balaban J connectivity index is 1.62. The molecule has 1 aliphatic heterocycles. The van der Waals surface area contributed by atoms with Crippen LogP contribution in [0.4, 0.5) is 0 Å². The summed E-state index contributed by atoms with van der Waals surface area (Å²) in [5.41, 5.74) is 8.92. The number of nitrogens with zero attached hydrogens (tertiary/aromatic N) is 1. The highest BCUT2D eigenvalue weighted by atomic mass is 15.2. The number of piperidine rings is 1. The lowest BCUT2D eigenvalue weighted by Crippen LogP contribution is -2.45. The van der Waals surface area contributed by atoms with Crippen molar-refractivity contribution in [3.8, 4) is 0 Å². The van der Waals surface area contributed by atoms with E-state index in [2.05, 4.69) is 36.1 Å². The van der Waals surface area contributed by atoms with E-state index in [-0.39, 0.29) is 0 Å². The van der Waals surface area contributed by atoms with Gasteiger partial charge in [0.1, 0.15) is 0 Å². The minimum atomic E-state index is 0.576. The lowest BCUT2D eigenvalue weighted by molar-refractivity contribution is 0.115.